The van der Waals surface area contributed by atoms with Crippen LogP contribution in [0.25, 0.3) is 0 Å². The second-order valence-corrected chi connectivity index (χ2v) is 9.26. The molecule has 0 bridgehead atoms. The summed E-state index contributed by atoms with van der Waals surface area (Å²) in [6.07, 6.45) is 2.57. The van der Waals surface area contributed by atoms with Gasteiger partial charge in [0.2, 0.25) is 10.0 Å². The van der Waals surface area contributed by atoms with Crippen LogP contribution in [0.3, 0.4) is 0 Å². The second-order valence-electron chi connectivity index (χ2n) is 6.01. The molecule has 0 spiro atoms. The van der Waals surface area contributed by atoms with E-state index in [0.29, 0.717) is 24.4 Å². The van der Waals surface area contributed by atoms with Crippen molar-refractivity contribution in [1.82, 2.24) is 9.73 Å². The van der Waals surface area contributed by atoms with E-state index in [1.54, 1.807) is 0 Å². The van der Waals surface area contributed by atoms with Gasteiger partial charge in [-0.05, 0) is 54.8 Å². The van der Waals surface area contributed by atoms with Gasteiger partial charge in [-0.3, -0.25) is 4.79 Å². The molecular weight excluding hydrogens is 454 g/mol. The molecule has 1 amide bonds. The molecule has 0 radical (unpaired) electrons. The van der Waals surface area contributed by atoms with Crippen molar-refractivity contribution in [1.29, 1.82) is 0 Å². The molecule has 27 heavy (non-hydrogen) atoms. The summed E-state index contributed by atoms with van der Waals surface area (Å²) in [5.74, 6) is -0.446. The van der Waals surface area contributed by atoms with E-state index in [0.717, 1.165) is 10.0 Å². The third kappa shape index (κ3) is 4.76. The highest BCUT2D eigenvalue weighted by molar-refractivity contribution is 9.10. The molecule has 1 atom stereocenters. The van der Waals surface area contributed by atoms with Crippen molar-refractivity contribution < 1.29 is 13.2 Å². The molecule has 1 unspecified atom stereocenters. The number of carbonyl (C=O) groups excluding carboxylic acids is 1. The van der Waals surface area contributed by atoms with Crippen molar-refractivity contribution in [3.8, 4) is 0 Å². The molecule has 142 valence electrons. The summed E-state index contributed by atoms with van der Waals surface area (Å²) in [7, 11) is -3.77. The fraction of sp³-hybridized carbons (Fsp3) is 0.222. The van der Waals surface area contributed by atoms with Gasteiger partial charge in [0.1, 0.15) is 6.04 Å². The van der Waals surface area contributed by atoms with Crippen LogP contribution >= 0.6 is 27.5 Å². The summed E-state index contributed by atoms with van der Waals surface area (Å²) in [5, 5.41) is 4.39. The summed E-state index contributed by atoms with van der Waals surface area (Å²) in [4.78, 5) is 12.6. The first kappa shape index (κ1) is 20.0. The Hall–Kier alpha value is -1.74. The summed E-state index contributed by atoms with van der Waals surface area (Å²) >= 11 is 9.17. The van der Waals surface area contributed by atoms with Crippen LogP contribution in [0.4, 0.5) is 0 Å². The van der Waals surface area contributed by atoms with E-state index in [1.807, 2.05) is 24.3 Å². The Balaban J connectivity index is 1.70. The molecule has 0 saturated carbocycles. The van der Waals surface area contributed by atoms with E-state index < -0.39 is 22.0 Å². The maximum atomic E-state index is 12.8. The lowest BCUT2D eigenvalue weighted by molar-refractivity contribution is -0.124. The number of nitrogens with zero attached hydrogens (tertiary/aromatic N) is 2. The van der Waals surface area contributed by atoms with E-state index in [-0.39, 0.29) is 4.90 Å². The van der Waals surface area contributed by atoms with Crippen LogP contribution in [0.2, 0.25) is 5.02 Å². The van der Waals surface area contributed by atoms with Crippen LogP contribution in [0, 0.1) is 0 Å². The predicted octanol–water partition coefficient (Wildman–Crippen LogP) is 3.41. The van der Waals surface area contributed by atoms with Crippen LogP contribution in [-0.2, 0) is 14.8 Å². The Morgan fingerprint density at radius 3 is 2.52 bits per heavy atom. The minimum Gasteiger partial charge on any atom is -0.271 e. The number of sulfonamides is 1. The fourth-order valence-electron chi connectivity index (χ4n) is 2.83. The first-order chi connectivity index (χ1) is 12.9. The summed E-state index contributed by atoms with van der Waals surface area (Å²) in [5.41, 5.74) is 3.26. The maximum Gasteiger partial charge on any atom is 0.258 e. The van der Waals surface area contributed by atoms with Crippen molar-refractivity contribution >= 4 is 49.7 Å². The number of hydrogen-bond donors (Lipinski definition) is 1. The van der Waals surface area contributed by atoms with Crippen molar-refractivity contribution in [3.63, 3.8) is 0 Å². The van der Waals surface area contributed by atoms with Gasteiger partial charge >= 0.3 is 0 Å². The molecule has 1 saturated heterocycles. The molecule has 2 aromatic rings. The monoisotopic (exact) mass is 469 g/mol. The van der Waals surface area contributed by atoms with Crippen LogP contribution < -0.4 is 5.43 Å². The van der Waals surface area contributed by atoms with Crippen LogP contribution in [0.1, 0.15) is 18.4 Å². The second kappa shape index (κ2) is 8.52. The lowest BCUT2D eigenvalue weighted by Gasteiger charge is -2.22. The zero-order valence-corrected chi connectivity index (χ0v) is 17.3. The van der Waals surface area contributed by atoms with Gasteiger partial charge in [0.05, 0.1) is 11.1 Å². The molecule has 1 heterocycles. The largest absolute Gasteiger partial charge is 0.271 e. The molecule has 1 aliphatic heterocycles. The van der Waals surface area contributed by atoms with Crippen LogP contribution in [0.5, 0.6) is 0 Å². The fourth-order valence-corrected chi connectivity index (χ4v) is 4.87. The van der Waals surface area contributed by atoms with Gasteiger partial charge in [-0.1, -0.05) is 39.7 Å². The topological polar surface area (TPSA) is 78.8 Å². The van der Waals surface area contributed by atoms with E-state index >= 15 is 0 Å². The number of carbonyl (C=O) groups is 1. The molecule has 2 aromatic carbocycles. The average Bonchev–Trinajstić information content (AvgIpc) is 3.14. The van der Waals surface area contributed by atoms with Gasteiger partial charge in [-0.25, -0.2) is 13.8 Å². The Bertz CT molecular complexity index is 947. The average molecular weight is 471 g/mol. The molecule has 3 rings (SSSR count). The number of benzene rings is 2. The van der Waals surface area contributed by atoms with Crippen LogP contribution in [-0.4, -0.2) is 37.4 Å². The lowest BCUT2D eigenvalue weighted by atomic mass is 10.2. The number of rotatable bonds is 5. The molecule has 0 aliphatic carbocycles. The number of hydrazone groups is 1. The standard InChI is InChI=1S/C18H17BrClN3O3S/c19-14-5-3-13(4-6-14)12-21-22-18(24)17-2-1-11-23(17)27(25,26)16-9-7-15(20)8-10-16/h3-10,12,17H,1-2,11H2,(H,22,24)/b21-12-. The minimum absolute atomic E-state index is 0.116. The Morgan fingerprint density at radius 1 is 1.19 bits per heavy atom. The first-order valence-corrected chi connectivity index (χ1v) is 10.8. The molecule has 0 aromatic heterocycles. The van der Waals surface area contributed by atoms with Crippen molar-refractivity contribution in [2.75, 3.05) is 6.54 Å². The summed E-state index contributed by atoms with van der Waals surface area (Å²) in [6.45, 7) is 0.291. The summed E-state index contributed by atoms with van der Waals surface area (Å²) < 4.78 is 27.9. The molecule has 1 N–H and O–H groups in total. The lowest BCUT2D eigenvalue weighted by Crippen LogP contribution is -2.44. The normalized spacial score (nSPS) is 18.1. The van der Waals surface area contributed by atoms with Crippen LogP contribution in [0.15, 0.2) is 63.0 Å². The van der Waals surface area contributed by atoms with Gasteiger partial charge in [-0.15, -0.1) is 0 Å². The first-order valence-electron chi connectivity index (χ1n) is 8.24. The van der Waals surface area contributed by atoms with Crippen molar-refractivity contribution in [2.45, 2.75) is 23.8 Å². The van der Waals surface area contributed by atoms with E-state index in [4.69, 9.17) is 11.6 Å². The quantitative estimate of drug-likeness (QED) is 0.537. The third-order valence-electron chi connectivity index (χ3n) is 4.18. The van der Waals surface area contributed by atoms with Gasteiger partial charge < -0.3 is 0 Å². The highest BCUT2D eigenvalue weighted by Gasteiger charge is 2.39. The highest BCUT2D eigenvalue weighted by Crippen LogP contribution is 2.27. The van der Waals surface area contributed by atoms with Gasteiger partial charge in [0, 0.05) is 16.0 Å². The highest BCUT2D eigenvalue weighted by atomic mass is 79.9. The SMILES string of the molecule is O=C(N/N=C\c1ccc(Br)cc1)C1CCCN1S(=O)(=O)c1ccc(Cl)cc1. The number of halogens is 2. The number of nitrogens with one attached hydrogen (secondary N) is 1. The zero-order valence-electron chi connectivity index (χ0n) is 14.2. The maximum absolute atomic E-state index is 12.8. The van der Waals surface area contributed by atoms with E-state index in [1.165, 1.54) is 34.8 Å². The van der Waals surface area contributed by atoms with Crippen molar-refractivity contribution in [2.24, 2.45) is 5.10 Å². The summed E-state index contributed by atoms with van der Waals surface area (Å²) in [6, 6.07) is 12.5. The molecular formula is C18H17BrClN3O3S. The third-order valence-corrected chi connectivity index (χ3v) is 6.89. The van der Waals surface area contributed by atoms with Gasteiger partial charge in [-0.2, -0.15) is 9.41 Å². The Morgan fingerprint density at radius 2 is 1.85 bits per heavy atom. The predicted molar refractivity (Wildman–Crippen MR) is 108 cm³/mol. The molecule has 9 heteroatoms. The smallest absolute Gasteiger partial charge is 0.258 e. The number of hydrogen-bond acceptors (Lipinski definition) is 4. The zero-order chi connectivity index (χ0) is 19.4. The minimum atomic E-state index is -3.77. The Labute approximate surface area is 171 Å². The molecule has 6 nitrogen and oxygen atoms in total. The van der Waals surface area contributed by atoms with Gasteiger partial charge in [0.15, 0.2) is 0 Å². The van der Waals surface area contributed by atoms with Crippen molar-refractivity contribution in [3.05, 3.63) is 63.6 Å². The Kier molecular flexibility index (Phi) is 6.31. The number of amides is 1. The molecule has 1 aliphatic rings. The molecule has 1 fully saturated rings. The van der Waals surface area contributed by atoms with E-state index in [2.05, 4.69) is 26.5 Å². The van der Waals surface area contributed by atoms with E-state index in [9.17, 15) is 13.2 Å². The van der Waals surface area contributed by atoms with Gasteiger partial charge in [0.25, 0.3) is 5.91 Å².